The molecule has 0 radical (unpaired) electrons. The molecule has 0 spiro atoms. The van der Waals surface area contributed by atoms with Crippen LogP contribution in [0, 0.1) is 11.8 Å². The fourth-order valence-electron chi connectivity index (χ4n) is 3.31. The highest BCUT2D eigenvalue weighted by atomic mass is 79.9. The van der Waals surface area contributed by atoms with Gasteiger partial charge in [0.1, 0.15) is 0 Å². The standard InChI is InChI=1S/C15H16BrNO2/c1-9(10-4-2-5-11(16)8-10)17-14(18)12-6-3-7-13(12)15(17)19/h2,4-5,8-9,12-13H,3,6-7H2,1H3. The van der Waals surface area contributed by atoms with Crippen molar-refractivity contribution in [2.24, 2.45) is 11.8 Å². The molecule has 0 N–H and O–H groups in total. The first-order valence-electron chi connectivity index (χ1n) is 6.72. The highest BCUT2D eigenvalue weighted by molar-refractivity contribution is 9.10. The minimum Gasteiger partial charge on any atom is -0.275 e. The van der Waals surface area contributed by atoms with E-state index in [0.29, 0.717) is 0 Å². The first-order chi connectivity index (χ1) is 9.09. The number of carbonyl (C=O) groups is 2. The molecule has 3 rings (SSSR count). The lowest BCUT2D eigenvalue weighted by Gasteiger charge is -2.24. The lowest BCUT2D eigenvalue weighted by Crippen LogP contribution is -2.34. The minimum atomic E-state index is -0.178. The molecule has 3 nitrogen and oxygen atoms in total. The van der Waals surface area contributed by atoms with Crippen LogP contribution in [-0.4, -0.2) is 16.7 Å². The Bertz CT molecular complexity index is 521. The van der Waals surface area contributed by atoms with Crippen LogP contribution in [0.5, 0.6) is 0 Å². The molecule has 1 saturated heterocycles. The predicted octanol–water partition coefficient (Wildman–Crippen LogP) is 3.30. The Morgan fingerprint density at radius 2 is 1.84 bits per heavy atom. The van der Waals surface area contributed by atoms with Crippen molar-refractivity contribution in [3.63, 3.8) is 0 Å². The number of carbonyl (C=O) groups excluding carboxylic acids is 2. The van der Waals surface area contributed by atoms with E-state index >= 15 is 0 Å². The van der Waals surface area contributed by atoms with Crippen molar-refractivity contribution in [3.05, 3.63) is 34.3 Å². The Kier molecular flexibility index (Phi) is 3.21. The molecule has 1 heterocycles. The smallest absolute Gasteiger partial charge is 0.233 e. The summed E-state index contributed by atoms with van der Waals surface area (Å²) in [5, 5.41) is 0. The molecule has 2 aliphatic rings. The van der Waals surface area contributed by atoms with E-state index in [1.807, 2.05) is 31.2 Å². The second-order valence-electron chi connectivity index (χ2n) is 5.42. The van der Waals surface area contributed by atoms with Crippen LogP contribution in [-0.2, 0) is 9.59 Å². The van der Waals surface area contributed by atoms with E-state index in [2.05, 4.69) is 15.9 Å². The lowest BCUT2D eigenvalue weighted by molar-refractivity contribution is -0.142. The van der Waals surface area contributed by atoms with E-state index in [0.717, 1.165) is 29.3 Å². The van der Waals surface area contributed by atoms with E-state index in [9.17, 15) is 9.59 Å². The van der Waals surface area contributed by atoms with Gasteiger partial charge >= 0.3 is 0 Å². The van der Waals surface area contributed by atoms with Crippen LogP contribution in [0.3, 0.4) is 0 Å². The van der Waals surface area contributed by atoms with Crippen LogP contribution < -0.4 is 0 Å². The average molecular weight is 322 g/mol. The molecule has 100 valence electrons. The van der Waals surface area contributed by atoms with Gasteiger partial charge in [0.2, 0.25) is 11.8 Å². The Morgan fingerprint density at radius 3 is 2.42 bits per heavy atom. The molecule has 1 aromatic carbocycles. The van der Waals surface area contributed by atoms with Crippen molar-refractivity contribution >= 4 is 27.7 Å². The number of imide groups is 1. The van der Waals surface area contributed by atoms with E-state index in [-0.39, 0.29) is 29.7 Å². The fourth-order valence-corrected chi connectivity index (χ4v) is 3.73. The van der Waals surface area contributed by atoms with Crippen molar-refractivity contribution in [3.8, 4) is 0 Å². The van der Waals surface area contributed by atoms with Gasteiger partial charge in [0, 0.05) is 4.47 Å². The Hall–Kier alpha value is -1.16. The van der Waals surface area contributed by atoms with Crippen LogP contribution in [0.4, 0.5) is 0 Å². The molecule has 1 aliphatic carbocycles. The predicted molar refractivity (Wildman–Crippen MR) is 75.2 cm³/mol. The average Bonchev–Trinajstić information content (AvgIpc) is 2.94. The first-order valence-corrected chi connectivity index (χ1v) is 7.51. The van der Waals surface area contributed by atoms with Crippen LogP contribution in [0.1, 0.15) is 37.8 Å². The monoisotopic (exact) mass is 321 g/mol. The molecule has 3 unspecified atom stereocenters. The zero-order valence-corrected chi connectivity index (χ0v) is 12.4. The third-order valence-corrected chi connectivity index (χ3v) is 4.84. The maximum atomic E-state index is 12.4. The first kappa shape index (κ1) is 12.9. The van der Waals surface area contributed by atoms with Crippen LogP contribution >= 0.6 is 15.9 Å². The third-order valence-electron chi connectivity index (χ3n) is 4.34. The molecule has 2 amide bonds. The number of halogens is 1. The quantitative estimate of drug-likeness (QED) is 0.784. The summed E-state index contributed by atoms with van der Waals surface area (Å²) in [7, 11) is 0. The highest BCUT2D eigenvalue weighted by Gasteiger charge is 2.51. The van der Waals surface area contributed by atoms with Gasteiger partial charge in [-0.2, -0.15) is 0 Å². The van der Waals surface area contributed by atoms with E-state index in [4.69, 9.17) is 0 Å². The molecule has 4 heteroatoms. The maximum Gasteiger partial charge on any atom is 0.233 e. The number of hydrogen-bond acceptors (Lipinski definition) is 2. The highest BCUT2D eigenvalue weighted by Crippen LogP contribution is 2.42. The summed E-state index contributed by atoms with van der Waals surface area (Å²) in [6, 6.07) is 7.63. The molecular formula is C15H16BrNO2. The number of likely N-dealkylation sites (tertiary alicyclic amines) is 1. The number of fused-ring (bicyclic) bond motifs is 1. The summed E-state index contributed by atoms with van der Waals surface area (Å²) in [6.07, 6.45) is 2.75. The van der Waals surface area contributed by atoms with Crippen LogP contribution in [0.25, 0.3) is 0 Å². The van der Waals surface area contributed by atoms with Crippen molar-refractivity contribution < 1.29 is 9.59 Å². The van der Waals surface area contributed by atoms with Gasteiger partial charge in [-0.05, 0) is 37.5 Å². The molecule has 0 bridgehead atoms. The van der Waals surface area contributed by atoms with Crippen molar-refractivity contribution in [2.45, 2.75) is 32.2 Å². The molecule has 3 atom stereocenters. The summed E-state index contributed by atoms with van der Waals surface area (Å²) in [5.74, 6) is -0.0517. The largest absolute Gasteiger partial charge is 0.275 e. The molecule has 19 heavy (non-hydrogen) atoms. The number of hydrogen-bond donors (Lipinski definition) is 0. The Balaban J connectivity index is 1.90. The lowest BCUT2D eigenvalue weighted by atomic mass is 10.00. The third kappa shape index (κ3) is 2.02. The van der Waals surface area contributed by atoms with E-state index in [1.165, 1.54) is 4.90 Å². The molecular weight excluding hydrogens is 306 g/mol. The summed E-state index contributed by atoms with van der Waals surface area (Å²) in [5.41, 5.74) is 0.996. The molecule has 2 fully saturated rings. The SMILES string of the molecule is CC(c1cccc(Br)c1)N1C(=O)C2CCCC2C1=O. The second-order valence-corrected chi connectivity index (χ2v) is 6.34. The van der Waals surface area contributed by atoms with Gasteiger partial charge in [0.25, 0.3) is 0 Å². The zero-order valence-electron chi connectivity index (χ0n) is 10.8. The summed E-state index contributed by atoms with van der Waals surface area (Å²) in [4.78, 5) is 26.3. The number of nitrogens with zero attached hydrogens (tertiary/aromatic N) is 1. The Morgan fingerprint density at radius 1 is 1.21 bits per heavy atom. The summed E-state index contributed by atoms with van der Waals surface area (Å²) >= 11 is 3.43. The van der Waals surface area contributed by atoms with Crippen LogP contribution in [0.2, 0.25) is 0 Å². The molecule has 1 aromatic rings. The van der Waals surface area contributed by atoms with Crippen molar-refractivity contribution in [1.29, 1.82) is 0 Å². The number of amides is 2. The van der Waals surface area contributed by atoms with Gasteiger partial charge in [0.05, 0.1) is 17.9 Å². The topological polar surface area (TPSA) is 37.4 Å². The van der Waals surface area contributed by atoms with Crippen LogP contribution in [0.15, 0.2) is 28.7 Å². The maximum absolute atomic E-state index is 12.4. The molecule has 1 saturated carbocycles. The number of rotatable bonds is 2. The summed E-state index contributed by atoms with van der Waals surface area (Å²) < 4.78 is 0.969. The molecule has 0 aromatic heterocycles. The van der Waals surface area contributed by atoms with Gasteiger partial charge in [0.15, 0.2) is 0 Å². The van der Waals surface area contributed by atoms with E-state index < -0.39 is 0 Å². The molecule has 1 aliphatic heterocycles. The van der Waals surface area contributed by atoms with Gasteiger partial charge in [-0.25, -0.2) is 0 Å². The van der Waals surface area contributed by atoms with Gasteiger partial charge in [-0.15, -0.1) is 0 Å². The van der Waals surface area contributed by atoms with Gasteiger partial charge < -0.3 is 0 Å². The van der Waals surface area contributed by atoms with Gasteiger partial charge in [-0.1, -0.05) is 34.5 Å². The minimum absolute atomic E-state index is 0.0278. The second kappa shape index (κ2) is 4.75. The Labute approximate surface area is 121 Å². The normalized spacial score (nSPS) is 27.8. The zero-order chi connectivity index (χ0) is 13.6. The van der Waals surface area contributed by atoms with Gasteiger partial charge in [-0.3, -0.25) is 14.5 Å². The fraction of sp³-hybridized carbons (Fsp3) is 0.467. The van der Waals surface area contributed by atoms with Crippen molar-refractivity contribution in [2.75, 3.05) is 0 Å². The summed E-state index contributed by atoms with van der Waals surface area (Å²) in [6.45, 7) is 1.93. The number of benzene rings is 1. The van der Waals surface area contributed by atoms with E-state index in [1.54, 1.807) is 0 Å². The van der Waals surface area contributed by atoms with Crippen molar-refractivity contribution in [1.82, 2.24) is 4.90 Å².